The molecule has 0 aliphatic rings. The molecule has 2 rings (SSSR count). The second kappa shape index (κ2) is 9.07. The van der Waals surface area contributed by atoms with Gasteiger partial charge in [0.25, 0.3) is 5.91 Å². The molecule has 0 bridgehead atoms. The number of aldehydes is 1. The van der Waals surface area contributed by atoms with Gasteiger partial charge in [0.2, 0.25) is 0 Å². The number of ether oxygens (including phenoxy) is 3. The van der Waals surface area contributed by atoms with Crippen LogP contribution in [0.1, 0.15) is 10.4 Å². The van der Waals surface area contributed by atoms with Crippen LogP contribution in [0.4, 0.5) is 5.69 Å². The van der Waals surface area contributed by atoms with Crippen LogP contribution in [0, 0.1) is 0 Å². The van der Waals surface area contributed by atoms with Crippen LogP contribution in [-0.4, -0.2) is 38.5 Å². The third kappa shape index (κ3) is 5.65. The standard InChI is InChI=1S/C18H17NO6/c1-23-15-8-6-14(7-9-15)19-17(21)11-25-18(22)12-24-16-5-3-2-4-13(16)10-20/h2-10H,11-12H2,1H3,(H,19,21). The van der Waals surface area contributed by atoms with E-state index < -0.39 is 25.1 Å². The van der Waals surface area contributed by atoms with Gasteiger partial charge in [0.1, 0.15) is 11.5 Å². The zero-order valence-corrected chi connectivity index (χ0v) is 13.6. The van der Waals surface area contributed by atoms with Crippen molar-refractivity contribution in [2.75, 3.05) is 25.6 Å². The van der Waals surface area contributed by atoms with Crippen molar-refractivity contribution in [2.24, 2.45) is 0 Å². The molecule has 0 aliphatic heterocycles. The first kappa shape index (κ1) is 18.0. The number of esters is 1. The van der Waals surface area contributed by atoms with Gasteiger partial charge in [-0.05, 0) is 36.4 Å². The molecule has 0 saturated carbocycles. The Morgan fingerprint density at radius 1 is 1.04 bits per heavy atom. The summed E-state index contributed by atoms with van der Waals surface area (Å²) >= 11 is 0. The molecule has 0 saturated heterocycles. The van der Waals surface area contributed by atoms with Gasteiger partial charge in [-0.2, -0.15) is 0 Å². The van der Waals surface area contributed by atoms with E-state index in [4.69, 9.17) is 14.2 Å². The Bertz CT molecular complexity index is 741. The Kier molecular flexibility index (Phi) is 6.53. The second-order valence-electron chi connectivity index (χ2n) is 4.88. The van der Waals surface area contributed by atoms with Crippen molar-refractivity contribution in [1.29, 1.82) is 0 Å². The van der Waals surface area contributed by atoms with E-state index in [1.54, 1.807) is 55.6 Å². The lowest BCUT2D eigenvalue weighted by Gasteiger charge is -2.09. The smallest absolute Gasteiger partial charge is 0.344 e. The molecule has 2 aromatic carbocycles. The lowest BCUT2D eigenvalue weighted by Crippen LogP contribution is -2.23. The highest BCUT2D eigenvalue weighted by molar-refractivity contribution is 5.92. The Morgan fingerprint density at radius 2 is 1.76 bits per heavy atom. The van der Waals surface area contributed by atoms with Gasteiger partial charge in [0.05, 0.1) is 12.7 Å². The Labute approximate surface area is 144 Å². The van der Waals surface area contributed by atoms with Gasteiger partial charge in [-0.25, -0.2) is 4.79 Å². The zero-order chi connectivity index (χ0) is 18.1. The number of amides is 1. The topological polar surface area (TPSA) is 90.9 Å². The number of carbonyl (C=O) groups is 3. The third-order valence-electron chi connectivity index (χ3n) is 3.13. The van der Waals surface area contributed by atoms with Crippen LogP contribution in [0.3, 0.4) is 0 Å². The molecule has 0 radical (unpaired) electrons. The molecule has 0 unspecified atom stereocenters. The quantitative estimate of drug-likeness (QED) is 0.583. The minimum absolute atomic E-state index is 0.275. The van der Waals surface area contributed by atoms with Crippen LogP contribution in [0.2, 0.25) is 0 Å². The van der Waals surface area contributed by atoms with Gasteiger partial charge in [-0.15, -0.1) is 0 Å². The normalized spacial score (nSPS) is 9.80. The summed E-state index contributed by atoms with van der Waals surface area (Å²) in [5.74, 6) is -0.258. The molecule has 0 spiro atoms. The summed E-state index contributed by atoms with van der Waals surface area (Å²) in [6.07, 6.45) is 0.628. The Balaban J connectivity index is 1.75. The van der Waals surface area contributed by atoms with Crippen molar-refractivity contribution < 1.29 is 28.6 Å². The molecular weight excluding hydrogens is 326 g/mol. The first-order valence-electron chi connectivity index (χ1n) is 7.39. The van der Waals surface area contributed by atoms with Crippen molar-refractivity contribution in [3.63, 3.8) is 0 Å². The molecule has 0 aromatic heterocycles. The van der Waals surface area contributed by atoms with Gasteiger partial charge >= 0.3 is 5.97 Å². The summed E-state index contributed by atoms with van der Waals surface area (Å²) in [5.41, 5.74) is 0.880. The summed E-state index contributed by atoms with van der Waals surface area (Å²) in [4.78, 5) is 34.2. The number of methoxy groups -OCH3 is 1. The minimum Gasteiger partial charge on any atom is -0.497 e. The number of hydrogen-bond donors (Lipinski definition) is 1. The number of benzene rings is 2. The fourth-order valence-corrected chi connectivity index (χ4v) is 1.91. The van der Waals surface area contributed by atoms with Crippen LogP contribution in [0.5, 0.6) is 11.5 Å². The Morgan fingerprint density at radius 3 is 2.44 bits per heavy atom. The number of para-hydroxylation sites is 1. The average Bonchev–Trinajstić information content (AvgIpc) is 2.65. The van der Waals surface area contributed by atoms with Crippen molar-refractivity contribution in [2.45, 2.75) is 0 Å². The molecule has 1 N–H and O–H groups in total. The van der Waals surface area contributed by atoms with E-state index in [-0.39, 0.29) is 5.75 Å². The number of carbonyl (C=O) groups excluding carboxylic acids is 3. The van der Waals surface area contributed by atoms with Gasteiger partial charge in [-0.1, -0.05) is 12.1 Å². The highest BCUT2D eigenvalue weighted by Crippen LogP contribution is 2.16. The van der Waals surface area contributed by atoms with Crippen LogP contribution in [-0.2, 0) is 14.3 Å². The largest absolute Gasteiger partial charge is 0.497 e. The molecular formula is C18H17NO6. The van der Waals surface area contributed by atoms with Gasteiger partial charge in [-0.3, -0.25) is 9.59 Å². The molecule has 7 heteroatoms. The van der Waals surface area contributed by atoms with Crippen LogP contribution < -0.4 is 14.8 Å². The predicted molar refractivity (Wildman–Crippen MR) is 89.9 cm³/mol. The van der Waals surface area contributed by atoms with E-state index in [0.29, 0.717) is 23.3 Å². The van der Waals surface area contributed by atoms with Gasteiger partial charge in [0.15, 0.2) is 19.5 Å². The molecule has 25 heavy (non-hydrogen) atoms. The van der Waals surface area contributed by atoms with Crippen molar-refractivity contribution in [3.05, 3.63) is 54.1 Å². The van der Waals surface area contributed by atoms with Gasteiger partial charge < -0.3 is 19.5 Å². The number of anilines is 1. The maximum absolute atomic E-state index is 11.7. The lowest BCUT2D eigenvalue weighted by atomic mass is 10.2. The molecule has 0 atom stereocenters. The summed E-state index contributed by atoms with van der Waals surface area (Å²) in [7, 11) is 1.54. The van der Waals surface area contributed by atoms with Crippen LogP contribution in [0.15, 0.2) is 48.5 Å². The number of rotatable bonds is 8. The van der Waals surface area contributed by atoms with E-state index in [9.17, 15) is 14.4 Å². The van der Waals surface area contributed by atoms with Gasteiger partial charge in [0, 0.05) is 5.69 Å². The lowest BCUT2D eigenvalue weighted by molar-refractivity contribution is -0.149. The van der Waals surface area contributed by atoms with Crippen LogP contribution in [0.25, 0.3) is 0 Å². The van der Waals surface area contributed by atoms with E-state index in [1.807, 2.05) is 0 Å². The third-order valence-corrected chi connectivity index (χ3v) is 3.13. The molecule has 2 aromatic rings. The highest BCUT2D eigenvalue weighted by Gasteiger charge is 2.10. The molecule has 0 fully saturated rings. The fourth-order valence-electron chi connectivity index (χ4n) is 1.91. The maximum atomic E-state index is 11.7. The minimum atomic E-state index is -0.717. The predicted octanol–water partition coefficient (Wildman–Crippen LogP) is 2.07. The molecule has 130 valence electrons. The van der Waals surface area contributed by atoms with E-state index in [0.717, 1.165) is 0 Å². The van der Waals surface area contributed by atoms with Crippen LogP contribution >= 0.6 is 0 Å². The fraction of sp³-hybridized carbons (Fsp3) is 0.167. The first-order chi connectivity index (χ1) is 12.1. The molecule has 1 amide bonds. The summed E-state index contributed by atoms with van der Waals surface area (Å²) in [6.45, 7) is -0.843. The summed E-state index contributed by atoms with van der Waals surface area (Å²) in [5, 5.41) is 2.58. The molecule has 0 aliphatic carbocycles. The van der Waals surface area contributed by atoms with Crippen molar-refractivity contribution in [3.8, 4) is 11.5 Å². The monoisotopic (exact) mass is 343 g/mol. The van der Waals surface area contributed by atoms with Crippen molar-refractivity contribution in [1.82, 2.24) is 0 Å². The molecule has 7 nitrogen and oxygen atoms in total. The van der Waals surface area contributed by atoms with Crippen molar-refractivity contribution >= 4 is 23.9 Å². The average molecular weight is 343 g/mol. The molecule has 0 heterocycles. The summed E-state index contributed by atoms with van der Waals surface area (Å²) < 4.78 is 15.1. The van der Waals surface area contributed by atoms with E-state index in [1.165, 1.54) is 0 Å². The number of hydrogen-bond acceptors (Lipinski definition) is 6. The Hall–Kier alpha value is -3.35. The van der Waals surface area contributed by atoms with E-state index >= 15 is 0 Å². The van der Waals surface area contributed by atoms with E-state index in [2.05, 4.69) is 5.32 Å². The highest BCUT2D eigenvalue weighted by atomic mass is 16.6. The first-order valence-corrected chi connectivity index (χ1v) is 7.39. The zero-order valence-electron chi connectivity index (χ0n) is 13.6. The summed E-state index contributed by atoms with van der Waals surface area (Å²) in [6, 6.07) is 13.2. The SMILES string of the molecule is COc1ccc(NC(=O)COC(=O)COc2ccccc2C=O)cc1. The number of nitrogens with one attached hydrogen (secondary N) is 1. The second-order valence-corrected chi connectivity index (χ2v) is 4.88. The maximum Gasteiger partial charge on any atom is 0.344 e.